The normalized spacial score (nSPS) is 11.5. The summed E-state index contributed by atoms with van der Waals surface area (Å²) >= 11 is 2.46. The Morgan fingerprint density at radius 2 is 1.85 bits per heavy atom. The van der Waals surface area contributed by atoms with Gasteiger partial charge in [0.15, 0.2) is 12.4 Å². The molecule has 2 N–H and O–H groups in total. The summed E-state index contributed by atoms with van der Waals surface area (Å²) in [6, 6.07) is 15.2. The second kappa shape index (κ2) is 10.2. The first-order chi connectivity index (χ1) is 16.0. The van der Waals surface area contributed by atoms with E-state index < -0.39 is 30.4 Å². The summed E-state index contributed by atoms with van der Waals surface area (Å²) in [5.41, 5.74) is 0.703. The van der Waals surface area contributed by atoms with Crippen molar-refractivity contribution in [2.45, 2.75) is 6.04 Å². The Hall–Kier alpha value is -3.76. The maximum Gasteiger partial charge on any atom is 0.348 e. The quantitative estimate of drug-likeness (QED) is 0.348. The lowest BCUT2D eigenvalue weighted by molar-refractivity contribution is -0.124. The Morgan fingerprint density at radius 3 is 2.55 bits per heavy atom. The highest BCUT2D eigenvalue weighted by molar-refractivity contribution is 7.18. The number of amides is 2. The summed E-state index contributed by atoms with van der Waals surface area (Å²) in [6.07, 6.45) is 1.39. The molecular weight excluding hydrogens is 467 g/mol. The summed E-state index contributed by atoms with van der Waals surface area (Å²) in [5, 5.41) is 7.74. The minimum absolute atomic E-state index is 0.144. The molecule has 1 aromatic carbocycles. The Kier molecular flexibility index (Phi) is 6.96. The van der Waals surface area contributed by atoms with Crippen molar-refractivity contribution in [3.63, 3.8) is 0 Å². The fourth-order valence-corrected chi connectivity index (χ4v) is 4.53. The highest BCUT2D eigenvalue weighted by Crippen LogP contribution is 2.26. The Bertz CT molecular complexity index is 1230. The molecule has 10 heteroatoms. The average molecular weight is 485 g/mol. The fraction of sp³-hybridized carbons (Fsp3) is 0.0870. The van der Waals surface area contributed by atoms with Crippen LogP contribution in [-0.4, -0.2) is 24.4 Å². The van der Waals surface area contributed by atoms with Crippen molar-refractivity contribution in [3.8, 4) is 0 Å². The molecule has 0 saturated heterocycles. The van der Waals surface area contributed by atoms with Crippen molar-refractivity contribution in [2.24, 2.45) is 0 Å². The van der Waals surface area contributed by atoms with Gasteiger partial charge in [0.05, 0.1) is 17.3 Å². The van der Waals surface area contributed by atoms with E-state index in [1.807, 2.05) is 17.5 Å². The lowest BCUT2D eigenvalue weighted by atomic mass is 10.1. The topological polar surface area (TPSA) is 97.6 Å². The summed E-state index contributed by atoms with van der Waals surface area (Å²) in [5.74, 6) is -1.87. The van der Waals surface area contributed by atoms with Crippen LogP contribution in [0, 0.1) is 5.82 Å². The van der Waals surface area contributed by atoms with Crippen molar-refractivity contribution >= 4 is 45.5 Å². The number of rotatable bonds is 8. The Morgan fingerprint density at radius 1 is 1.03 bits per heavy atom. The third-order valence-corrected chi connectivity index (χ3v) is 6.38. The van der Waals surface area contributed by atoms with E-state index in [0.717, 1.165) is 16.2 Å². The van der Waals surface area contributed by atoms with Crippen LogP contribution in [0.2, 0.25) is 0 Å². The van der Waals surface area contributed by atoms with Gasteiger partial charge in [-0.2, -0.15) is 0 Å². The molecule has 0 aliphatic carbocycles. The number of halogens is 1. The van der Waals surface area contributed by atoms with Crippen LogP contribution < -0.4 is 10.6 Å². The first-order valence-corrected chi connectivity index (χ1v) is 11.4. The van der Waals surface area contributed by atoms with Crippen LogP contribution in [0.15, 0.2) is 76.7 Å². The van der Waals surface area contributed by atoms with Gasteiger partial charge in [-0.15, -0.1) is 22.7 Å². The van der Waals surface area contributed by atoms with E-state index in [4.69, 9.17) is 9.15 Å². The van der Waals surface area contributed by atoms with Crippen LogP contribution in [0.3, 0.4) is 0 Å². The number of thiophene rings is 2. The van der Waals surface area contributed by atoms with Gasteiger partial charge < -0.3 is 19.8 Å². The molecule has 4 aromatic rings. The smallest absolute Gasteiger partial charge is 0.348 e. The number of carbonyl (C=O) groups is 3. The molecule has 1 unspecified atom stereocenters. The predicted octanol–water partition coefficient (Wildman–Crippen LogP) is 4.86. The molecule has 0 bridgehead atoms. The molecule has 0 saturated carbocycles. The van der Waals surface area contributed by atoms with E-state index in [1.165, 1.54) is 41.9 Å². The third kappa shape index (κ3) is 5.73. The van der Waals surface area contributed by atoms with Gasteiger partial charge in [-0.05, 0) is 53.4 Å². The highest BCUT2D eigenvalue weighted by Gasteiger charge is 2.20. The van der Waals surface area contributed by atoms with Gasteiger partial charge in [-0.25, -0.2) is 9.18 Å². The minimum atomic E-state index is -0.692. The molecule has 0 aliphatic rings. The van der Waals surface area contributed by atoms with Crippen LogP contribution in [0.1, 0.15) is 36.7 Å². The number of anilines is 1. The maximum absolute atomic E-state index is 13.3. The molecule has 33 heavy (non-hydrogen) atoms. The van der Waals surface area contributed by atoms with E-state index in [2.05, 4.69) is 10.6 Å². The summed E-state index contributed by atoms with van der Waals surface area (Å²) in [6.45, 7) is -0.492. The first kappa shape index (κ1) is 22.4. The second-order valence-corrected chi connectivity index (χ2v) is 8.80. The summed E-state index contributed by atoms with van der Waals surface area (Å²) in [4.78, 5) is 37.9. The molecule has 3 heterocycles. The SMILES string of the molecule is O=C(COC(=O)c1ccc(NC(=O)c2ccco2)s1)NC(c1ccc(F)cc1)c1cccs1. The second-order valence-electron chi connectivity index (χ2n) is 6.74. The fourth-order valence-electron chi connectivity index (χ4n) is 2.93. The lowest BCUT2D eigenvalue weighted by Gasteiger charge is -2.18. The number of nitrogens with one attached hydrogen (secondary N) is 2. The number of carbonyl (C=O) groups excluding carboxylic acids is 3. The van der Waals surface area contributed by atoms with E-state index in [9.17, 15) is 18.8 Å². The Balaban J connectivity index is 1.34. The van der Waals surface area contributed by atoms with E-state index in [0.29, 0.717) is 10.6 Å². The van der Waals surface area contributed by atoms with Crippen LogP contribution in [0.25, 0.3) is 0 Å². The number of esters is 1. The monoisotopic (exact) mass is 484 g/mol. The van der Waals surface area contributed by atoms with Crippen molar-refractivity contribution in [1.29, 1.82) is 0 Å². The van der Waals surface area contributed by atoms with Crippen LogP contribution in [0.5, 0.6) is 0 Å². The molecule has 0 radical (unpaired) electrons. The third-order valence-electron chi connectivity index (χ3n) is 4.46. The van der Waals surface area contributed by atoms with Crippen molar-refractivity contribution in [3.05, 3.63) is 99.2 Å². The maximum atomic E-state index is 13.3. The zero-order valence-corrected chi connectivity index (χ0v) is 18.6. The van der Waals surface area contributed by atoms with E-state index in [1.54, 1.807) is 24.3 Å². The van der Waals surface area contributed by atoms with Crippen molar-refractivity contribution in [1.82, 2.24) is 5.32 Å². The van der Waals surface area contributed by atoms with Gasteiger partial charge in [0.2, 0.25) is 0 Å². The van der Waals surface area contributed by atoms with Crippen LogP contribution in [0.4, 0.5) is 9.39 Å². The number of hydrogen-bond acceptors (Lipinski definition) is 7. The van der Waals surface area contributed by atoms with Gasteiger partial charge in [-0.3, -0.25) is 9.59 Å². The highest BCUT2D eigenvalue weighted by atomic mass is 32.1. The average Bonchev–Trinajstić information content (AvgIpc) is 3.59. The van der Waals surface area contributed by atoms with Gasteiger partial charge in [0.25, 0.3) is 11.8 Å². The molecular formula is C23H17FN2O5S2. The van der Waals surface area contributed by atoms with E-state index >= 15 is 0 Å². The van der Waals surface area contributed by atoms with Gasteiger partial charge >= 0.3 is 5.97 Å². The van der Waals surface area contributed by atoms with Crippen molar-refractivity contribution < 1.29 is 27.9 Å². The largest absolute Gasteiger partial charge is 0.459 e. The van der Waals surface area contributed by atoms with Crippen LogP contribution >= 0.6 is 22.7 Å². The van der Waals surface area contributed by atoms with Crippen molar-refractivity contribution in [2.75, 3.05) is 11.9 Å². The first-order valence-electron chi connectivity index (χ1n) is 9.69. The number of ether oxygens (including phenoxy) is 1. The predicted molar refractivity (Wildman–Crippen MR) is 122 cm³/mol. The molecule has 1 atom stereocenters. The molecule has 0 aliphatic heterocycles. The van der Waals surface area contributed by atoms with Crippen LogP contribution in [-0.2, 0) is 9.53 Å². The molecule has 0 spiro atoms. The number of benzene rings is 1. The van der Waals surface area contributed by atoms with Gasteiger partial charge in [0, 0.05) is 4.88 Å². The Labute approximate surface area is 195 Å². The van der Waals surface area contributed by atoms with Gasteiger partial charge in [0.1, 0.15) is 10.7 Å². The summed E-state index contributed by atoms with van der Waals surface area (Å²) < 4.78 is 23.4. The molecule has 4 rings (SSSR count). The molecule has 7 nitrogen and oxygen atoms in total. The number of furan rings is 1. The zero-order chi connectivity index (χ0) is 23.2. The molecule has 3 aromatic heterocycles. The molecule has 2 amide bonds. The standard InChI is InChI=1S/C23H17FN2O5S2/c24-15-7-5-14(6-8-15)21(17-4-2-12-32-17)25-19(27)13-31-23(29)18-9-10-20(33-18)26-22(28)16-3-1-11-30-16/h1-12,21H,13H2,(H,25,27)(H,26,28). The van der Waals surface area contributed by atoms with Gasteiger partial charge in [-0.1, -0.05) is 18.2 Å². The zero-order valence-electron chi connectivity index (χ0n) is 16.9. The lowest BCUT2D eigenvalue weighted by Crippen LogP contribution is -2.32. The molecule has 168 valence electrons. The number of hydrogen-bond donors (Lipinski definition) is 2. The molecule has 0 fully saturated rings. The van der Waals surface area contributed by atoms with E-state index in [-0.39, 0.29) is 16.5 Å². The summed E-state index contributed by atoms with van der Waals surface area (Å²) in [7, 11) is 0. The minimum Gasteiger partial charge on any atom is -0.459 e.